The molecule has 2 atom stereocenters. The highest BCUT2D eigenvalue weighted by molar-refractivity contribution is 6.30. The van der Waals surface area contributed by atoms with Gasteiger partial charge in [-0.05, 0) is 80.8 Å². The SMILES string of the molecule is CCC(NCc1ccccc1F)C(=O)NC(=O)C(c1ccc(C(F)(F)F)cc1)c1ccc(Cl)cc1Oc1cccc(CNC(=O)OC(C)(C)C)c1. The minimum atomic E-state index is -4.62. The summed E-state index contributed by atoms with van der Waals surface area (Å²) in [7, 11) is 0. The lowest BCUT2D eigenvalue weighted by molar-refractivity contribution is -0.137. The summed E-state index contributed by atoms with van der Waals surface area (Å²) in [5, 5.41) is 8.24. The van der Waals surface area contributed by atoms with E-state index < -0.39 is 53.0 Å². The van der Waals surface area contributed by atoms with E-state index in [4.69, 9.17) is 21.1 Å². The van der Waals surface area contributed by atoms with Gasteiger partial charge in [0.1, 0.15) is 22.9 Å². The molecule has 0 saturated heterocycles. The monoisotopic (exact) mass is 727 g/mol. The van der Waals surface area contributed by atoms with Crippen molar-refractivity contribution in [3.05, 3.63) is 130 Å². The zero-order valence-corrected chi connectivity index (χ0v) is 29.1. The molecule has 3 amide bonds. The first kappa shape index (κ1) is 38.9. The second-order valence-corrected chi connectivity index (χ2v) is 13.1. The molecule has 4 aromatic carbocycles. The summed E-state index contributed by atoms with van der Waals surface area (Å²) >= 11 is 6.34. The fourth-order valence-corrected chi connectivity index (χ4v) is 5.25. The zero-order valence-electron chi connectivity index (χ0n) is 28.4. The van der Waals surface area contributed by atoms with Gasteiger partial charge in [0.25, 0.3) is 0 Å². The third-order valence-corrected chi connectivity index (χ3v) is 7.79. The molecule has 270 valence electrons. The number of hydrogen-bond acceptors (Lipinski definition) is 6. The Balaban J connectivity index is 1.64. The van der Waals surface area contributed by atoms with Crippen molar-refractivity contribution < 1.29 is 41.4 Å². The van der Waals surface area contributed by atoms with Crippen LogP contribution in [0.3, 0.4) is 0 Å². The van der Waals surface area contributed by atoms with E-state index in [0.29, 0.717) is 16.9 Å². The largest absolute Gasteiger partial charge is 0.457 e. The smallest absolute Gasteiger partial charge is 0.416 e. The first-order valence-corrected chi connectivity index (χ1v) is 16.4. The van der Waals surface area contributed by atoms with Crippen LogP contribution in [0.15, 0.2) is 91.0 Å². The molecule has 0 aromatic heterocycles. The molecule has 0 aliphatic rings. The third-order valence-electron chi connectivity index (χ3n) is 7.55. The Bertz CT molecular complexity index is 1840. The average Bonchev–Trinajstić information content (AvgIpc) is 3.05. The lowest BCUT2D eigenvalue weighted by Gasteiger charge is -2.23. The molecule has 0 heterocycles. The molecule has 13 heteroatoms. The van der Waals surface area contributed by atoms with Crippen LogP contribution in [-0.4, -0.2) is 29.6 Å². The summed E-state index contributed by atoms with van der Waals surface area (Å²) < 4.78 is 66.1. The van der Waals surface area contributed by atoms with Crippen molar-refractivity contribution in [2.24, 2.45) is 0 Å². The number of carbonyl (C=O) groups is 3. The standard InChI is InChI=1S/C38H38ClF4N3O5/c1-5-31(44-22-25-10-6-7-12-30(25)40)34(47)46-35(48)33(24-13-15-26(16-14-24)38(41,42)43)29-18-17-27(39)20-32(29)50-28-11-8-9-23(19-28)21-45-36(49)51-37(2,3)4/h6-20,31,33,44H,5,21-22H2,1-4H3,(H,45,49)(H,46,47,48). The van der Waals surface area contributed by atoms with Crippen LogP contribution < -0.4 is 20.7 Å². The maximum Gasteiger partial charge on any atom is 0.416 e. The van der Waals surface area contributed by atoms with Gasteiger partial charge in [0, 0.05) is 29.2 Å². The molecular weight excluding hydrogens is 690 g/mol. The highest BCUT2D eigenvalue weighted by Crippen LogP contribution is 2.38. The lowest BCUT2D eigenvalue weighted by Crippen LogP contribution is -2.47. The van der Waals surface area contributed by atoms with Crippen LogP contribution in [0.5, 0.6) is 11.5 Å². The Morgan fingerprint density at radius 3 is 2.20 bits per heavy atom. The topological polar surface area (TPSA) is 106 Å². The number of hydrogen-bond donors (Lipinski definition) is 3. The molecule has 0 radical (unpaired) electrons. The van der Waals surface area contributed by atoms with Crippen LogP contribution in [0, 0.1) is 5.82 Å². The fourth-order valence-electron chi connectivity index (χ4n) is 5.08. The minimum Gasteiger partial charge on any atom is -0.457 e. The first-order chi connectivity index (χ1) is 24.0. The minimum absolute atomic E-state index is 0.0106. The van der Waals surface area contributed by atoms with Gasteiger partial charge in [0.05, 0.1) is 17.5 Å². The van der Waals surface area contributed by atoms with E-state index in [0.717, 1.165) is 24.3 Å². The summed E-state index contributed by atoms with van der Waals surface area (Å²) in [4.78, 5) is 39.5. The molecule has 0 aliphatic carbocycles. The summed E-state index contributed by atoms with van der Waals surface area (Å²) in [5.74, 6) is -2.95. The normalized spacial score (nSPS) is 12.8. The van der Waals surface area contributed by atoms with Crippen molar-refractivity contribution in [3.63, 3.8) is 0 Å². The summed E-state index contributed by atoms with van der Waals surface area (Å²) in [5.41, 5.74) is -0.288. The number of alkyl carbamates (subject to hydrolysis) is 1. The van der Waals surface area contributed by atoms with E-state index in [1.165, 1.54) is 30.3 Å². The maximum atomic E-state index is 14.2. The van der Waals surface area contributed by atoms with E-state index in [1.54, 1.807) is 64.1 Å². The number of amides is 3. The van der Waals surface area contributed by atoms with Gasteiger partial charge in [0.2, 0.25) is 11.8 Å². The second-order valence-electron chi connectivity index (χ2n) is 12.6. The Morgan fingerprint density at radius 1 is 0.843 bits per heavy atom. The number of carbonyl (C=O) groups excluding carboxylic acids is 3. The van der Waals surface area contributed by atoms with Crippen LogP contribution in [0.25, 0.3) is 0 Å². The van der Waals surface area contributed by atoms with E-state index in [9.17, 15) is 31.9 Å². The molecule has 3 N–H and O–H groups in total. The predicted molar refractivity (Wildman–Crippen MR) is 185 cm³/mol. The van der Waals surface area contributed by atoms with Crippen molar-refractivity contribution >= 4 is 29.5 Å². The predicted octanol–water partition coefficient (Wildman–Crippen LogP) is 8.66. The van der Waals surface area contributed by atoms with Crippen LogP contribution in [0.1, 0.15) is 67.9 Å². The Labute approximate surface area is 298 Å². The van der Waals surface area contributed by atoms with Crippen LogP contribution in [0.4, 0.5) is 22.4 Å². The van der Waals surface area contributed by atoms with Crippen molar-refractivity contribution in [1.82, 2.24) is 16.0 Å². The molecule has 4 rings (SSSR count). The van der Waals surface area contributed by atoms with Gasteiger partial charge in [0.15, 0.2) is 0 Å². The molecule has 4 aromatic rings. The lowest BCUT2D eigenvalue weighted by atomic mass is 9.89. The Kier molecular flexibility index (Phi) is 12.8. The number of benzene rings is 4. The van der Waals surface area contributed by atoms with E-state index in [-0.39, 0.29) is 41.4 Å². The molecule has 51 heavy (non-hydrogen) atoms. The fraction of sp³-hybridized carbons (Fsp3) is 0.289. The zero-order chi connectivity index (χ0) is 37.3. The van der Waals surface area contributed by atoms with Crippen molar-refractivity contribution in [2.45, 2.75) is 70.9 Å². The van der Waals surface area contributed by atoms with E-state index in [1.807, 2.05) is 0 Å². The number of ether oxygens (including phenoxy) is 2. The third kappa shape index (κ3) is 11.3. The molecular formula is C38H38ClF4N3O5. The van der Waals surface area contributed by atoms with Gasteiger partial charge >= 0.3 is 12.3 Å². The Morgan fingerprint density at radius 2 is 1.55 bits per heavy atom. The van der Waals surface area contributed by atoms with Crippen LogP contribution >= 0.6 is 11.6 Å². The second kappa shape index (κ2) is 16.8. The van der Waals surface area contributed by atoms with Crippen molar-refractivity contribution in [2.75, 3.05) is 0 Å². The van der Waals surface area contributed by atoms with Crippen molar-refractivity contribution in [1.29, 1.82) is 0 Å². The Hall–Kier alpha value is -4.94. The van der Waals surface area contributed by atoms with Gasteiger partial charge in [-0.1, -0.05) is 67.1 Å². The van der Waals surface area contributed by atoms with Gasteiger partial charge in [-0.2, -0.15) is 13.2 Å². The van der Waals surface area contributed by atoms with E-state index >= 15 is 0 Å². The molecule has 0 aliphatic heterocycles. The summed E-state index contributed by atoms with van der Waals surface area (Å²) in [6, 6.07) is 20.3. The molecule has 0 bridgehead atoms. The molecule has 0 saturated carbocycles. The molecule has 8 nitrogen and oxygen atoms in total. The van der Waals surface area contributed by atoms with Gasteiger partial charge in [-0.3, -0.25) is 14.9 Å². The molecule has 2 unspecified atom stereocenters. The van der Waals surface area contributed by atoms with Crippen molar-refractivity contribution in [3.8, 4) is 11.5 Å². The van der Waals surface area contributed by atoms with Gasteiger partial charge in [-0.25, -0.2) is 9.18 Å². The highest BCUT2D eigenvalue weighted by atomic mass is 35.5. The quantitative estimate of drug-likeness (QED) is 0.126. The summed E-state index contributed by atoms with van der Waals surface area (Å²) in [6.07, 6.45) is -4.99. The number of nitrogens with one attached hydrogen (secondary N) is 3. The van der Waals surface area contributed by atoms with Gasteiger partial charge in [-0.15, -0.1) is 0 Å². The van der Waals surface area contributed by atoms with Gasteiger partial charge < -0.3 is 20.1 Å². The number of imide groups is 1. The average molecular weight is 728 g/mol. The number of rotatable bonds is 12. The maximum absolute atomic E-state index is 14.2. The first-order valence-electron chi connectivity index (χ1n) is 16.1. The highest BCUT2D eigenvalue weighted by Gasteiger charge is 2.33. The van der Waals surface area contributed by atoms with E-state index in [2.05, 4.69) is 16.0 Å². The van der Waals surface area contributed by atoms with Crippen LogP contribution in [-0.2, 0) is 33.6 Å². The summed E-state index contributed by atoms with van der Waals surface area (Å²) in [6.45, 7) is 7.05. The number of alkyl halides is 3. The van der Waals surface area contributed by atoms with Crippen LogP contribution in [0.2, 0.25) is 5.02 Å². The molecule has 0 fully saturated rings. The molecule has 0 spiro atoms. The number of halogens is 5.